The van der Waals surface area contributed by atoms with Gasteiger partial charge in [-0.25, -0.2) is 4.57 Å². The van der Waals surface area contributed by atoms with Crippen LogP contribution in [0, 0.1) is 0 Å². The fourth-order valence-electron chi connectivity index (χ4n) is 6.60. The molecule has 14 heteroatoms. The molecule has 1 aliphatic carbocycles. The molecule has 0 saturated heterocycles. The van der Waals surface area contributed by atoms with E-state index in [2.05, 4.69) is 19.2 Å². The highest BCUT2D eigenvalue weighted by Gasteiger charge is 2.51. The normalized spacial score (nSPS) is 25.3. The lowest BCUT2D eigenvalue weighted by Crippen LogP contribution is -2.64. The van der Waals surface area contributed by atoms with Crippen LogP contribution >= 0.6 is 7.82 Å². The molecule has 0 bridgehead atoms. The monoisotopic (exact) mass is 755 g/mol. The number of unbranched alkanes of at least 4 members (excludes halogenated alkanes) is 19. The van der Waals surface area contributed by atoms with Crippen molar-refractivity contribution in [2.75, 3.05) is 6.61 Å². The fraction of sp³-hybridized carbons (Fsp3) is 0.973. The predicted molar refractivity (Wildman–Crippen MR) is 197 cm³/mol. The van der Waals surface area contributed by atoms with Crippen molar-refractivity contribution in [1.29, 1.82) is 0 Å². The largest absolute Gasteiger partial charge is 0.472 e. The zero-order valence-electron chi connectivity index (χ0n) is 31.5. The number of aliphatic hydroxyl groups excluding tert-OH is 7. The fourth-order valence-corrected chi connectivity index (χ4v) is 7.56. The highest BCUT2D eigenvalue weighted by molar-refractivity contribution is 7.47. The van der Waals surface area contributed by atoms with Gasteiger partial charge >= 0.3 is 7.82 Å². The first kappa shape index (κ1) is 48.3. The third-order valence-electron chi connectivity index (χ3n) is 9.97. The number of amides is 1. The Morgan fingerprint density at radius 1 is 0.608 bits per heavy atom. The maximum Gasteiger partial charge on any atom is 0.472 e. The number of hydrogen-bond acceptors (Lipinski definition) is 11. The summed E-state index contributed by atoms with van der Waals surface area (Å²) in [6.07, 6.45) is 10.6. The maximum atomic E-state index is 12.9. The van der Waals surface area contributed by atoms with Crippen molar-refractivity contribution in [1.82, 2.24) is 5.32 Å². The standard InChI is InChI=1S/C37H74NO12P/c1-3-5-7-9-11-12-13-14-15-16-17-19-20-22-24-28(39)26-31(41)38-29(30(40)25-23-21-18-10-8-6-4-2)27-49-51(47,48)50-37-35(45)33(43)32(42)34(44)36(37)46/h28-30,32-37,39-40,42-46H,3-27H2,1-2H3,(H,38,41)(H,47,48). The highest BCUT2D eigenvalue weighted by Crippen LogP contribution is 2.47. The van der Waals surface area contributed by atoms with E-state index in [4.69, 9.17) is 9.05 Å². The van der Waals surface area contributed by atoms with Crippen LogP contribution < -0.4 is 5.32 Å². The summed E-state index contributed by atoms with van der Waals surface area (Å²) in [5.41, 5.74) is 0. The summed E-state index contributed by atoms with van der Waals surface area (Å²) in [6, 6.07) is -1.14. The Balaban J connectivity index is 2.53. The summed E-state index contributed by atoms with van der Waals surface area (Å²) in [5.74, 6) is -0.563. The van der Waals surface area contributed by atoms with Crippen LogP contribution in [0.1, 0.15) is 168 Å². The first-order valence-electron chi connectivity index (χ1n) is 20.1. The average Bonchev–Trinajstić information content (AvgIpc) is 3.09. The Hall–Kier alpha value is -0.700. The lowest BCUT2D eigenvalue weighted by atomic mass is 9.85. The van der Waals surface area contributed by atoms with Gasteiger partial charge in [-0.05, 0) is 12.8 Å². The van der Waals surface area contributed by atoms with Crippen LogP contribution in [0.3, 0.4) is 0 Å². The SMILES string of the molecule is CCCCCCCCCCCCCCCCC(O)CC(=O)NC(COP(=O)(O)OC1C(O)C(O)C(O)C(O)C1O)C(O)CCCCCCCCC. The number of carbonyl (C=O) groups is 1. The van der Waals surface area contributed by atoms with Crippen LogP contribution in [0.15, 0.2) is 0 Å². The minimum Gasteiger partial charge on any atom is -0.393 e. The van der Waals surface area contributed by atoms with Gasteiger partial charge in [0.1, 0.15) is 36.6 Å². The molecule has 0 aliphatic heterocycles. The molecule has 1 rings (SSSR count). The summed E-state index contributed by atoms with van der Waals surface area (Å²) in [5, 5.41) is 74.0. The molecule has 1 amide bonds. The van der Waals surface area contributed by atoms with Gasteiger partial charge in [-0.1, -0.05) is 149 Å². The van der Waals surface area contributed by atoms with E-state index in [0.717, 1.165) is 64.2 Å². The molecule has 1 saturated carbocycles. The molecule has 0 heterocycles. The highest BCUT2D eigenvalue weighted by atomic mass is 31.2. The molecule has 13 nitrogen and oxygen atoms in total. The van der Waals surface area contributed by atoms with E-state index in [1.807, 2.05) is 0 Å². The minimum atomic E-state index is -5.10. The average molecular weight is 756 g/mol. The maximum absolute atomic E-state index is 12.9. The molecule has 1 aliphatic rings. The summed E-state index contributed by atoms with van der Waals surface area (Å²) >= 11 is 0. The summed E-state index contributed by atoms with van der Waals surface area (Å²) in [4.78, 5) is 23.2. The van der Waals surface area contributed by atoms with Crippen LogP contribution in [-0.4, -0.2) is 108 Å². The van der Waals surface area contributed by atoms with Crippen LogP contribution in [0.5, 0.6) is 0 Å². The van der Waals surface area contributed by atoms with Crippen molar-refractivity contribution in [3.05, 3.63) is 0 Å². The van der Waals surface area contributed by atoms with Crippen molar-refractivity contribution < 1.29 is 59.0 Å². The number of hydrogen-bond donors (Lipinski definition) is 9. The van der Waals surface area contributed by atoms with Gasteiger partial charge in [0.05, 0.1) is 31.3 Å². The number of carbonyl (C=O) groups excluding carboxylic acids is 1. The second-order valence-electron chi connectivity index (χ2n) is 14.7. The van der Waals surface area contributed by atoms with E-state index < -0.39 is 75.2 Å². The molecule has 0 radical (unpaired) electrons. The van der Waals surface area contributed by atoms with E-state index >= 15 is 0 Å². The quantitative estimate of drug-likeness (QED) is 0.0330. The van der Waals surface area contributed by atoms with Gasteiger partial charge in [0.15, 0.2) is 0 Å². The van der Waals surface area contributed by atoms with Crippen LogP contribution in [0.2, 0.25) is 0 Å². The Morgan fingerprint density at radius 3 is 1.41 bits per heavy atom. The second-order valence-corrected chi connectivity index (χ2v) is 16.1. The van der Waals surface area contributed by atoms with Gasteiger partial charge in [-0.2, -0.15) is 0 Å². The molecule has 51 heavy (non-hydrogen) atoms. The van der Waals surface area contributed by atoms with E-state index in [9.17, 15) is 50.0 Å². The Kier molecular flexibility index (Phi) is 27.2. The number of rotatable bonds is 32. The molecule has 304 valence electrons. The van der Waals surface area contributed by atoms with Gasteiger partial charge in [-0.3, -0.25) is 13.8 Å². The molecule has 9 N–H and O–H groups in total. The minimum absolute atomic E-state index is 0.217. The molecule has 8 unspecified atom stereocenters. The molecule has 8 atom stereocenters. The summed E-state index contributed by atoms with van der Waals surface area (Å²) in [6.45, 7) is 3.69. The third-order valence-corrected chi connectivity index (χ3v) is 11.0. The van der Waals surface area contributed by atoms with E-state index in [1.54, 1.807) is 0 Å². The zero-order valence-corrected chi connectivity index (χ0v) is 32.4. The van der Waals surface area contributed by atoms with Crippen molar-refractivity contribution in [3.63, 3.8) is 0 Å². The number of phosphoric ester groups is 1. The third kappa shape index (κ3) is 21.7. The molecule has 0 aromatic carbocycles. The van der Waals surface area contributed by atoms with E-state index in [1.165, 1.54) is 64.2 Å². The predicted octanol–water partition coefficient (Wildman–Crippen LogP) is 4.92. The number of phosphoric acid groups is 1. The first-order valence-corrected chi connectivity index (χ1v) is 21.6. The Morgan fingerprint density at radius 2 is 0.980 bits per heavy atom. The molecule has 0 spiro atoms. The molecule has 1 fully saturated rings. The van der Waals surface area contributed by atoms with Crippen molar-refractivity contribution >= 4 is 13.7 Å². The van der Waals surface area contributed by atoms with Gasteiger partial charge in [0.2, 0.25) is 5.91 Å². The number of nitrogens with one attached hydrogen (secondary N) is 1. The van der Waals surface area contributed by atoms with Gasteiger partial charge < -0.3 is 46.0 Å². The first-order chi connectivity index (χ1) is 24.3. The molecule has 0 aromatic rings. The Labute approximate surface area is 307 Å². The molecular weight excluding hydrogens is 681 g/mol. The summed E-state index contributed by atoms with van der Waals surface area (Å²) < 4.78 is 22.7. The number of aliphatic hydroxyl groups is 7. The smallest absolute Gasteiger partial charge is 0.393 e. The molecule has 0 aromatic heterocycles. The van der Waals surface area contributed by atoms with Crippen LogP contribution in [-0.2, 0) is 18.4 Å². The summed E-state index contributed by atoms with van der Waals surface area (Å²) in [7, 11) is -5.10. The van der Waals surface area contributed by atoms with Crippen molar-refractivity contribution in [3.8, 4) is 0 Å². The topological polar surface area (TPSA) is 226 Å². The van der Waals surface area contributed by atoms with Gasteiger partial charge in [-0.15, -0.1) is 0 Å². The van der Waals surface area contributed by atoms with Crippen molar-refractivity contribution in [2.24, 2.45) is 0 Å². The lowest BCUT2D eigenvalue weighted by molar-refractivity contribution is -0.220. The van der Waals surface area contributed by atoms with Crippen molar-refractivity contribution in [2.45, 2.75) is 223 Å². The van der Waals surface area contributed by atoms with Crippen LogP contribution in [0.25, 0.3) is 0 Å². The van der Waals surface area contributed by atoms with Crippen LogP contribution in [0.4, 0.5) is 0 Å². The van der Waals surface area contributed by atoms with Gasteiger partial charge in [0.25, 0.3) is 0 Å². The zero-order chi connectivity index (χ0) is 38.1. The Bertz CT molecular complexity index is 901. The van der Waals surface area contributed by atoms with E-state index in [0.29, 0.717) is 12.8 Å². The molecular formula is C37H74NO12P. The second kappa shape index (κ2) is 28.7. The van der Waals surface area contributed by atoms with Gasteiger partial charge in [0, 0.05) is 0 Å². The van der Waals surface area contributed by atoms with E-state index in [-0.39, 0.29) is 12.8 Å². The lowest BCUT2D eigenvalue weighted by Gasteiger charge is -2.41.